The predicted molar refractivity (Wildman–Crippen MR) is 72.1 cm³/mol. The van der Waals surface area contributed by atoms with Crippen LogP contribution in [-0.4, -0.2) is 5.91 Å². The third-order valence-electron chi connectivity index (χ3n) is 2.40. The standard InChI is InChI=1S/C13H14N2OS/c14-11-3-1-2-10(8-11)4-5-13(16)15-12-6-7-17-9-12/h1-3,6-9H,4-5,14H2,(H,15,16). The molecule has 3 nitrogen and oxygen atoms in total. The molecule has 17 heavy (non-hydrogen) atoms. The van der Waals surface area contributed by atoms with Gasteiger partial charge in [0.2, 0.25) is 5.91 Å². The molecule has 1 aromatic heterocycles. The summed E-state index contributed by atoms with van der Waals surface area (Å²) in [5.74, 6) is 0.0332. The molecule has 0 saturated carbocycles. The molecule has 4 heteroatoms. The average Bonchev–Trinajstić information content (AvgIpc) is 2.79. The van der Waals surface area contributed by atoms with Crippen LogP contribution in [0.15, 0.2) is 41.1 Å². The van der Waals surface area contributed by atoms with Crippen LogP contribution in [0, 0.1) is 0 Å². The number of rotatable bonds is 4. The summed E-state index contributed by atoms with van der Waals surface area (Å²) in [7, 11) is 0. The third-order valence-corrected chi connectivity index (χ3v) is 3.08. The number of hydrogen-bond donors (Lipinski definition) is 2. The molecule has 3 N–H and O–H groups in total. The van der Waals surface area contributed by atoms with Crippen LogP contribution in [0.25, 0.3) is 0 Å². The van der Waals surface area contributed by atoms with E-state index in [4.69, 9.17) is 5.73 Å². The molecule has 1 heterocycles. The highest BCUT2D eigenvalue weighted by molar-refractivity contribution is 7.08. The fraction of sp³-hybridized carbons (Fsp3) is 0.154. The van der Waals surface area contributed by atoms with Crippen LogP contribution in [0.4, 0.5) is 11.4 Å². The molecule has 0 atom stereocenters. The van der Waals surface area contributed by atoms with Crippen molar-refractivity contribution in [3.8, 4) is 0 Å². The first kappa shape index (κ1) is 11.7. The van der Waals surface area contributed by atoms with Crippen LogP contribution in [-0.2, 0) is 11.2 Å². The molecule has 1 aromatic carbocycles. The number of carbonyl (C=O) groups excluding carboxylic acids is 1. The second kappa shape index (κ2) is 5.50. The Kier molecular flexibility index (Phi) is 3.77. The fourth-order valence-corrected chi connectivity index (χ4v) is 2.15. The number of hydrogen-bond acceptors (Lipinski definition) is 3. The molecule has 88 valence electrons. The summed E-state index contributed by atoms with van der Waals surface area (Å²) >= 11 is 1.57. The molecular weight excluding hydrogens is 232 g/mol. The Bertz CT molecular complexity index is 494. The van der Waals surface area contributed by atoms with Crippen LogP contribution in [0.3, 0.4) is 0 Å². The van der Waals surface area contributed by atoms with Gasteiger partial charge in [0.15, 0.2) is 0 Å². The van der Waals surface area contributed by atoms with Gasteiger partial charge >= 0.3 is 0 Å². The summed E-state index contributed by atoms with van der Waals surface area (Å²) in [5.41, 5.74) is 8.37. The van der Waals surface area contributed by atoms with Gasteiger partial charge in [0, 0.05) is 17.5 Å². The topological polar surface area (TPSA) is 55.1 Å². The number of carbonyl (C=O) groups is 1. The Labute approximate surface area is 104 Å². The van der Waals surface area contributed by atoms with Gasteiger partial charge in [0.1, 0.15) is 0 Å². The van der Waals surface area contributed by atoms with Gasteiger partial charge in [-0.2, -0.15) is 11.3 Å². The van der Waals surface area contributed by atoms with E-state index in [0.29, 0.717) is 12.8 Å². The largest absolute Gasteiger partial charge is 0.399 e. The van der Waals surface area contributed by atoms with Crippen molar-refractivity contribution in [2.45, 2.75) is 12.8 Å². The first-order valence-corrected chi connectivity index (χ1v) is 6.35. The zero-order valence-corrected chi connectivity index (χ0v) is 10.2. The summed E-state index contributed by atoms with van der Waals surface area (Å²) < 4.78 is 0. The molecule has 2 rings (SSSR count). The molecule has 1 amide bonds. The SMILES string of the molecule is Nc1cccc(CCC(=O)Nc2ccsc2)c1. The van der Waals surface area contributed by atoms with Gasteiger partial charge in [-0.3, -0.25) is 4.79 Å². The summed E-state index contributed by atoms with van der Waals surface area (Å²) in [4.78, 5) is 11.6. The minimum atomic E-state index is 0.0332. The number of nitrogen functional groups attached to an aromatic ring is 1. The van der Waals surface area contributed by atoms with E-state index in [2.05, 4.69) is 5.32 Å². The Balaban J connectivity index is 1.84. The zero-order valence-electron chi connectivity index (χ0n) is 9.35. The molecule has 0 fully saturated rings. The highest BCUT2D eigenvalue weighted by atomic mass is 32.1. The van der Waals surface area contributed by atoms with E-state index in [9.17, 15) is 4.79 Å². The smallest absolute Gasteiger partial charge is 0.224 e. The Morgan fingerprint density at radius 1 is 1.35 bits per heavy atom. The van der Waals surface area contributed by atoms with Crippen LogP contribution in [0.2, 0.25) is 0 Å². The molecule has 0 unspecified atom stereocenters. The number of aryl methyl sites for hydroxylation is 1. The minimum Gasteiger partial charge on any atom is -0.399 e. The van der Waals surface area contributed by atoms with E-state index in [1.54, 1.807) is 11.3 Å². The number of anilines is 2. The van der Waals surface area contributed by atoms with Crippen molar-refractivity contribution in [2.24, 2.45) is 0 Å². The van der Waals surface area contributed by atoms with E-state index in [1.807, 2.05) is 41.1 Å². The molecular formula is C13H14N2OS. The summed E-state index contributed by atoms with van der Waals surface area (Å²) in [6.45, 7) is 0. The van der Waals surface area contributed by atoms with Gasteiger partial charge in [-0.1, -0.05) is 12.1 Å². The lowest BCUT2D eigenvalue weighted by Gasteiger charge is -2.03. The van der Waals surface area contributed by atoms with Crippen LogP contribution >= 0.6 is 11.3 Å². The lowest BCUT2D eigenvalue weighted by atomic mass is 10.1. The van der Waals surface area contributed by atoms with Gasteiger partial charge in [0.05, 0.1) is 5.69 Å². The first-order chi connectivity index (χ1) is 8.24. The van der Waals surface area contributed by atoms with E-state index in [-0.39, 0.29) is 5.91 Å². The summed E-state index contributed by atoms with van der Waals surface area (Å²) in [6.07, 6.45) is 1.18. The lowest BCUT2D eigenvalue weighted by Crippen LogP contribution is -2.11. The minimum absolute atomic E-state index is 0.0332. The number of benzene rings is 1. The van der Waals surface area contributed by atoms with E-state index < -0.39 is 0 Å². The van der Waals surface area contributed by atoms with Crippen molar-refractivity contribution in [1.82, 2.24) is 0 Å². The second-order valence-corrected chi connectivity index (χ2v) is 4.59. The van der Waals surface area contributed by atoms with Crippen molar-refractivity contribution in [3.63, 3.8) is 0 Å². The Hall–Kier alpha value is -1.81. The number of nitrogens with two attached hydrogens (primary N) is 1. The fourth-order valence-electron chi connectivity index (χ4n) is 1.57. The number of thiophene rings is 1. The first-order valence-electron chi connectivity index (χ1n) is 5.40. The van der Waals surface area contributed by atoms with E-state index >= 15 is 0 Å². The highest BCUT2D eigenvalue weighted by Crippen LogP contribution is 2.13. The third kappa shape index (κ3) is 3.60. The molecule has 0 bridgehead atoms. The van der Waals surface area contributed by atoms with Gasteiger partial charge < -0.3 is 11.1 Å². The highest BCUT2D eigenvalue weighted by Gasteiger charge is 2.03. The monoisotopic (exact) mass is 246 g/mol. The summed E-state index contributed by atoms with van der Waals surface area (Å²) in [5, 5.41) is 6.70. The Morgan fingerprint density at radius 2 is 2.24 bits per heavy atom. The molecule has 0 spiro atoms. The number of amides is 1. The maximum absolute atomic E-state index is 11.6. The molecule has 0 aliphatic heterocycles. The van der Waals surface area contributed by atoms with Gasteiger partial charge in [-0.15, -0.1) is 0 Å². The van der Waals surface area contributed by atoms with Gasteiger partial charge in [-0.25, -0.2) is 0 Å². The molecule has 2 aromatic rings. The van der Waals surface area contributed by atoms with Crippen LogP contribution in [0.5, 0.6) is 0 Å². The predicted octanol–water partition coefficient (Wildman–Crippen LogP) is 2.90. The van der Waals surface area contributed by atoms with Crippen molar-refractivity contribution in [1.29, 1.82) is 0 Å². The maximum atomic E-state index is 11.6. The normalized spacial score (nSPS) is 10.1. The van der Waals surface area contributed by atoms with Crippen LogP contribution in [0.1, 0.15) is 12.0 Å². The Morgan fingerprint density at radius 3 is 2.94 bits per heavy atom. The lowest BCUT2D eigenvalue weighted by molar-refractivity contribution is -0.116. The molecule has 0 aliphatic carbocycles. The quantitative estimate of drug-likeness (QED) is 0.815. The van der Waals surface area contributed by atoms with Crippen molar-refractivity contribution in [3.05, 3.63) is 46.7 Å². The number of nitrogens with one attached hydrogen (secondary N) is 1. The molecule has 0 saturated heterocycles. The van der Waals surface area contributed by atoms with Crippen LogP contribution < -0.4 is 11.1 Å². The van der Waals surface area contributed by atoms with Crippen molar-refractivity contribution >= 4 is 28.6 Å². The van der Waals surface area contributed by atoms with E-state index in [1.165, 1.54) is 0 Å². The van der Waals surface area contributed by atoms with Gasteiger partial charge in [-0.05, 0) is 35.6 Å². The molecule has 0 aliphatic rings. The summed E-state index contributed by atoms with van der Waals surface area (Å²) in [6, 6.07) is 9.52. The molecule has 0 radical (unpaired) electrons. The zero-order chi connectivity index (χ0) is 12.1. The average molecular weight is 246 g/mol. The van der Waals surface area contributed by atoms with E-state index in [0.717, 1.165) is 16.9 Å². The van der Waals surface area contributed by atoms with Crippen molar-refractivity contribution < 1.29 is 4.79 Å². The van der Waals surface area contributed by atoms with Crippen molar-refractivity contribution in [2.75, 3.05) is 11.1 Å². The maximum Gasteiger partial charge on any atom is 0.224 e. The van der Waals surface area contributed by atoms with Gasteiger partial charge in [0.25, 0.3) is 0 Å². The second-order valence-electron chi connectivity index (χ2n) is 3.81.